The third-order valence-electron chi connectivity index (χ3n) is 2.06. The van der Waals surface area contributed by atoms with Gasteiger partial charge in [-0.15, -0.1) is 0 Å². The highest BCUT2D eigenvalue weighted by molar-refractivity contribution is 5.70. The van der Waals surface area contributed by atoms with Crippen LogP contribution < -0.4 is 4.74 Å². The molecule has 0 unspecified atom stereocenters. The summed E-state index contributed by atoms with van der Waals surface area (Å²) >= 11 is 0. The van der Waals surface area contributed by atoms with E-state index in [2.05, 4.69) is 0 Å². The van der Waals surface area contributed by atoms with Gasteiger partial charge in [-0.2, -0.15) is 0 Å². The number of carbonyl (C=O) groups excluding carboxylic acids is 1. The van der Waals surface area contributed by atoms with Crippen molar-refractivity contribution in [2.75, 3.05) is 13.1 Å². The Hall–Kier alpha value is -1.58. The molecule has 0 saturated heterocycles. The minimum atomic E-state index is -0.530. The number of carbonyl (C=O) groups is 1. The lowest BCUT2D eigenvalue weighted by atomic mass is 10.3. The molecule has 1 aromatic rings. The van der Waals surface area contributed by atoms with E-state index in [9.17, 15) is 9.18 Å². The summed E-state index contributed by atoms with van der Waals surface area (Å²) in [4.78, 5) is 12.9. The lowest BCUT2D eigenvalue weighted by Crippen LogP contribution is -2.33. The zero-order chi connectivity index (χ0) is 11.3. The highest BCUT2D eigenvalue weighted by atomic mass is 19.1. The molecule has 0 fully saturated rings. The molecule has 1 aromatic carbocycles. The standard InChI is InChI=1S/C11H14FNO2/c1-3-13(4-2)11(14)15-10-8-6-5-7-9(10)12/h5-8H,3-4H2,1-2H3. The van der Waals surface area contributed by atoms with Crippen LogP contribution in [-0.4, -0.2) is 24.1 Å². The highest BCUT2D eigenvalue weighted by Crippen LogP contribution is 2.16. The van der Waals surface area contributed by atoms with Gasteiger partial charge in [-0.25, -0.2) is 9.18 Å². The van der Waals surface area contributed by atoms with E-state index in [0.717, 1.165) is 0 Å². The highest BCUT2D eigenvalue weighted by Gasteiger charge is 2.13. The van der Waals surface area contributed by atoms with Crippen LogP contribution in [-0.2, 0) is 0 Å². The maximum absolute atomic E-state index is 13.1. The topological polar surface area (TPSA) is 29.5 Å². The molecule has 0 aliphatic heterocycles. The van der Waals surface area contributed by atoms with E-state index in [1.165, 1.54) is 17.0 Å². The van der Waals surface area contributed by atoms with Gasteiger partial charge in [0.05, 0.1) is 0 Å². The van der Waals surface area contributed by atoms with E-state index in [4.69, 9.17) is 4.74 Å². The first-order valence-corrected chi connectivity index (χ1v) is 4.90. The van der Waals surface area contributed by atoms with Crippen LogP contribution in [0.2, 0.25) is 0 Å². The third-order valence-corrected chi connectivity index (χ3v) is 2.06. The van der Waals surface area contributed by atoms with Crippen LogP contribution in [0.5, 0.6) is 5.75 Å². The van der Waals surface area contributed by atoms with Crippen molar-refractivity contribution in [2.45, 2.75) is 13.8 Å². The average molecular weight is 211 g/mol. The fourth-order valence-electron chi connectivity index (χ4n) is 1.17. The van der Waals surface area contributed by atoms with Crippen molar-refractivity contribution in [3.8, 4) is 5.75 Å². The van der Waals surface area contributed by atoms with Gasteiger partial charge in [-0.3, -0.25) is 0 Å². The van der Waals surface area contributed by atoms with Crippen LogP contribution in [0, 0.1) is 5.82 Å². The molecule has 0 aromatic heterocycles. The number of benzene rings is 1. The van der Waals surface area contributed by atoms with Gasteiger partial charge in [0, 0.05) is 13.1 Å². The first-order chi connectivity index (χ1) is 7.19. The van der Waals surface area contributed by atoms with Crippen LogP contribution >= 0.6 is 0 Å². The van der Waals surface area contributed by atoms with Gasteiger partial charge in [0.1, 0.15) is 0 Å². The van der Waals surface area contributed by atoms with Gasteiger partial charge in [0.25, 0.3) is 0 Å². The smallest absolute Gasteiger partial charge is 0.407 e. The molecule has 0 aliphatic rings. The second kappa shape index (κ2) is 5.34. The molecule has 82 valence electrons. The Morgan fingerprint density at radius 1 is 1.33 bits per heavy atom. The molecule has 0 N–H and O–H groups in total. The summed E-state index contributed by atoms with van der Waals surface area (Å²) in [6, 6.07) is 5.85. The van der Waals surface area contributed by atoms with Gasteiger partial charge in [0.15, 0.2) is 11.6 Å². The van der Waals surface area contributed by atoms with E-state index in [-0.39, 0.29) is 5.75 Å². The second-order valence-electron chi connectivity index (χ2n) is 2.97. The largest absolute Gasteiger partial charge is 0.415 e. The van der Waals surface area contributed by atoms with Gasteiger partial charge in [-0.05, 0) is 26.0 Å². The number of nitrogens with zero attached hydrogens (tertiary/aromatic N) is 1. The number of amides is 1. The first kappa shape index (κ1) is 11.5. The number of ether oxygens (including phenoxy) is 1. The summed E-state index contributed by atoms with van der Waals surface area (Å²) in [5.41, 5.74) is 0. The molecule has 0 bridgehead atoms. The van der Waals surface area contributed by atoms with Crippen LogP contribution in [0.25, 0.3) is 0 Å². The predicted octanol–water partition coefficient (Wildman–Crippen LogP) is 2.67. The third kappa shape index (κ3) is 2.94. The van der Waals surface area contributed by atoms with Gasteiger partial charge >= 0.3 is 6.09 Å². The number of halogens is 1. The van der Waals surface area contributed by atoms with Gasteiger partial charge in [0.2, 0.25) is 0 Å². The normalized spacial score (nSPS) is 9.80. The number of hydrogen-bond donors (Lipinski definition) is 0. The average Bonchev–Trinajstić information content (AvgIpc) is 2.23. The van der Waals surface area contributed by atoms with Crippen molar-refractivity contribution in [1.82, 2.24) is 4.90 Å². The van der Waals surface area contributed by atoms with Crippen LogP contribution in [0.4, 0.5) is 9.18 Å². The molecular formula is C11H14FNO2. The summed E-state index contributed by atoms with van der Waals surface area (Å²) in [5, 5.41) is 0. The zero-order valence-electron chi connectivity index (χ0n) is 8.87. The molecule has 3 nitrogen and oxygen atoms in total. The Morgan fingerprint density at radius 2 is 1.93 bits per heavy atom. The monoisotopic (exact) mass is 211 g/mol. The number of para-hydroxylation sites is 1. The summed E-state index contributed by atoms with van der Waals surface area (Å²) < 4.78 is 18.0. The molecule has 0 atom stereocenters. The van der Waals surface area contributed by atoms with E-state index >= 15 is 0 Å². The second-order valence-corrected chi connectivity index (χ2v) is 2.97. The molecule has 0 heterocycles. The van der Waals surface area contributed by atoms with Gasteiger partial charge in [-0.1, -0.05) is 12.1 Å². The molecule has 0 saturated carbocycles. The van der Waals surface area contributed by atoms with Gasteiger partial charge < -0.3 is 9.64 Å². The molecule has 4 heteroatoms. The lowest BCUT2D eigenvalue weighted by Gasteiger charge is -2.17. The van der Waals surface area contributed by atoms with E-state index in [0.29, 0.717) is 13.1 Å². The molecule has 15 heavy (non-hydrogen) atoms. The Bertz CT molecular complexity index is 337. The summed E-state index contributed by atoms with van der Waals surface area (Å²) in [6.45, 7) is 4.77. The first-order valence-electron chi connectivity index (χ1n) is 4.90. The summed E-state index contributed by atoms with van der Waals surface area (Å²) in [7, 11) is 0. The Kier molecular flexibility index (Phi) is 4.09. The van der Waals surface area contributed by atoms with Crippen molar-refractivity contribution in [2.24, 2.45) is 0 Å². The zero-order valence-corrected chi connectivity index (χ0v) is 8.87. The van der Waals surface area contributed by atoms with E-state index in [1.807, 2.05) is 13.8 Å². The molecular weight excluding hydrogens is 197 g/mol. The fraction of sp³-hybridized carbons (Fsp3) is 0.364. The quantitative estimate of drug-likeness (QED) is 0.769. The van der Waals surface area contributed by atoms with Crippen molar-refractivity contribution in [1.29, 1.82) is 0 Å². The predicted molar refractivity (Wildman–Crippen MR) is 55.3 cm³/mol. The van der Waals surface area contributed by atoms with E-state index < -0.39 is 11.9 Å². The van der Waals surface area contributed by atoms with Crippen molar-refractivity contribution >= 4 is 6.09 Å². The maximum atomic E-state index is 13.1. The summed E-state index contributed by atoms with van der Waals surface area (Å²) in [6.07, 6.45) is -0.523. The van der Waals surface area contributed by atoms with E-state index in [1.54, 1.807) is 12.1 Å². The van der Waals surface area contributed by atoms with Crippen LogP contribution in [0.3, 0.4) is 0 Å². The Labute approximate surface area is 88.5 Å². The van der Waals surface area contributed by atoms with Crippen molar-refractivity contribution < 1.29 is 13.9 Å². The molecule has 1 amide bonds. The summed E-state index contributed by atoms with van der Waals surface area (Å²) in [5.74, 6) is -0.563. The molecule has 0 radical (unpaired) electrons. The maximum Gasteiger partial charge on any atom is 0.415 e. The molecule has 1 rings (SSSR count). The fourth-order valence-corrected chi connectivity index (χ4v) is 1.17. The van der Waals surface area contributed by atoms with Crippen LogP contribution in [0.1, 0.15) is 13.8 Å². The lowest BCUT2D eigenvalue weighted by molar-refractivity contribution is 0.155. The Balaban J connectivity index is 2.70. The minimum absolute atomic E-state index is 0.0330. The van der Waals surface area contributed by atoms with Crippen LogP contribution in [0.15, 0.2) is 24.3 Å². The Morgan fingerprint density at radius 3 is 2.47 bits per heavy atom. The molecule has 0 spiro atoms. The van der Waals surface area contributed by atoms with Crippen molar-refractivity contribution in [3.63, 3.8) is 0 Å². The number of hydrogen-bond acceptors (Lipinski definition) is 2. The minimum Gasteiger partial charge on any atom is -0.407 e. The van der Waals surface area contributed by atoms with Crippen molar-refractivity contribution in [3.05, 3.63) is 30.1 Å². The SMILES string of the molecule is CCN(CC)C(=O)Oc1ccccc1F. The number of rotatable bonds is 3. The molecule has 0 aliphatic carbocycles.